The molecule has 0 fully saturated rings. The molecule has 1 aliphatic heterocycles. The third-order valence-corrected chi connectivity index (χ3v) is 2.94. The highest BCUT2D eigenvalue weighted by Gasteiger charge is 2.20. The van der Waals surface area contributed by atoms with E-state index in [-0.39, 0.29) is 6.04 Å². The second-order valence-electron chi connectivity index (χ2n) is 2.99. The summed E-state index contributed by atoms with van der Waals surface area (Å²) in [5, 5.41) is 0. The standard InChI is InChI=1S/C8H9BrN2O/c9-8-7-3-1-2-6(4-12)11(7)5-10-8/h4-6H,1-3H2. The maximum Gasteiger partial charge on any atom is 0.142 e. The van der Waals surface area contributed by atoms with E-state index in [1.165, 1.54) is 0 Å². The molecule has 0 aromatic carbocycles. The summed E-state index contributed by atoms with van der Waals surface area (Å²) in [6.45, 7) is 0. The molecular weight excluding hydrogens is 220 g/mol. The van der Waals surface area contributed by atoms with Gasteiger partial charge in [-0.1, -0.05) is 0 Å². The van der Waals surface area contributed by atoms with Crippen LogP contribution in [0.2, 0.25) is 0 Å². The van der Waals surface area contributed by atoms with Crippen molar-refractivity contribution < 1.29 is 4.79 Å². The number of aldehydes is 1. The summed E-state index contributed by atoms with van der Waals surface area (Å²) < 4.78 is 2.84. The van der Waals surface area contributed by atoms with Gasteiger partial charge in [0.2, 0.25) is 0 Å². The number of hydrogen-bond acceptors (Lipinski definition) is 2. The zero-order valence-corrected chi connectivity index (χ0v) is 8.12. The summed E-state index contributed by atoms with van der Waals surface area (Å²) in [7, 11) is 0. The molecule has 0 amide bonds. The zero-order valence-electron chi connectivity index (χ0n) is 6.53. The topological polar surface area (TPSA) is 34.9 Å². The van der Waals surface area contributed by atoms with Gasteiger partial charge < -0.3 is 9.36 Å². The first kappa shape index (κ1) is 7.98. The summed E-state index contributed by atoms with van der Waals surface area (Å²) >= 11 is 3.36. The van der Waals surface area contributed by atoms with Gasteiger partial charge in [-0.05, 0) is 35.2 Å². The lowest BCUT2D eigenvalue weighted by Crippen LogP contribution is -2.17. The number of aromatic nitrogens is 2. The first-order valence-electron chi connectivity index (χ1n) is 3.99. The molecule has 0 saturated heterocycles. The molecular formula is C8H9BrN2O. The average molecular weight is 229 g/mol. The number of rotatable bonds is 1. The minimum absolute atomic E-state index is 0.00699. The van der Waals surface area contributed by atoms with Crippen LogP contribution in [0.1, 0.15) is 24.6 Å². The summed E-state index contributed by atoms with van der Waals surface area (Å²) in [6.07, 6.45) is 5.77. The van der Waals surface area contributed by atoms with Crippen molar-refractivity contribution >= 4 is 22.2 Å². The van der Waals surface area contributed by atoms with Crippen LogP contribution in [0.5, 0.6) is 0 Å². The van der Waals surface area contributed by atoms with Crippen LogP contribution in [-0.4, -0.2) is 15.8 Å². The van der Waals surface area contributed by atoms with E-state index in [0.717, 1.165) is 35.8 Å². The van der Waals surface area contributed by atoms with Crippen LogP contribution in [0.25, 0.3) is 0 Å². The van der Waals surface area contributed by atoms with Crippen LogP contribution >= 0.6 is 15.9 Å². The SMILES string of the molecule is O=CC1CCCc2c(Br)ncn21. The van der Waals surface area contributed by atoms with Gasteiger partial charge >= 0.3 is 0 Å². The fourth-order valence-corrected chi connectivity index (χ4v) is 2.13. The fraction of sp³-hybridized carbons (Fsp3) is 0.500. The first-order chi connectivity index (χ1) is 5.83. The fourth-order valence-electron chi connectivity index (χ4n) is 1.63. The molecule has 64 valence electrons. The summed E-state index contributed by atoms with van der Waals surface area (Å²) in [5.41, 5.74) is 1.15. The molecule has 1 unspecified atom stereocenters. The largest absolute Gasteiger partial charge is 0.323 e. The second-order valence-corrected chi connectivity index (χ2v) is 3.74. The van der Waals surface area contributed by atoms with Gasteiger partial charge in [-0.25, -0.2) is 4.98 Å². The van der Waals surface area contributed by atoms with E-state index in [9.17, 15) is 4.79 Å². The molecule has 0 aliphatic carbocycles. The molecule has 0 bridgehead atoms. The molecule has 2 heterocycles. The molecule has 0 radical (unpaired) electrons. The van der Waals surface area contributed by atoms with Gasteiger partial charge in [-0.2, -0.15) is 0 Å². The molecule has 1 aliphatic rings. The number of hydrogen-bond donors (Lipinski definition) is 0. The van der Waals surface area contributed by atoms with Gasteiger partial charge in [0.15, 0.2) is 0 Å². The summed E-state index contributed by atoms with van der Waals surface area (Å²) in [6, 6.07) is 0.00699. The lowest BCUT2D eigenvalue weighted by atomic mass is 10.0. The molecule has 1 aromatic heterocycles. The number of carbonyl (C=O) groups is 1. The summed E-state index contributed by atoms with van der Waals surface area (Å²) in [5.74, 6) is 0. The van der Waals surface area contributed by atoms with Gasteiger partial charge in [0.1, 0.15) is 10.9 Å². The van der Waals surface area contributed by atoms with Crippen LogP contribution < -0.4 is 0 Å². The molecule has 4 heteroatoms. The van der Waals surface area contributed by atoms with E-state index in [0.29, 0.717) is 0 Å². The molecule has 1 atom stereocenters. The minimum atomic E-state index is 0.00699. The van der Waals surface area contributed by atoms with E-state index in [2.05, 4.69) is 20.9 Å². The molecule has 1 aromatic rings. The number of nitrogens with zero attached hydrogens (tertiary/aromatic N) is 2. The highest BCUT2D eigenvalue weighted by molar-refractivity contribution is 9.10. The van der Waals surface area contributed by atoms with Crippen molar-refractivity contribution in [1.82, 2.24) is 9.55 Å². The van der Waals surface area contributed by atoms with Gasteiger partial charge in [-0.3, -0.25) is 0 Å². The highest BCUT2D eigenvalue weighted by Crippen LogP contribution is 2.27. The number of halogens is 1. The highest BCUT2D eigenvalue weighted by atomic mass is 79.9. The Morgan fingerprint density at radius 3 is 3.33 bits per heavy atom. The van der Waals surface area contributed by atoms with Crippen LogP contribution in [0.15, 0.2) is 10.9 Å². The van der Waals surface area contributed by atoms with E-state index >= 15 is 0 Å². The van der Waals surface area contributed by atoms with Crippen molar-refractivity contribution in [3.8, 4) is 0 Å². The van der Waals surface area contributed by atoms with Crippen LogP contribution in [-0.2, 0) is 11.2 Å². The second kappa shape index (κ2) is 3.01. The average Bonchev–Trinajstić information content (AvgIpc) is 2.48. The van der Waals surface area contributed by atoms with Crippen LogP contribution in [0, 0.1) is 0 Å². The number of imidazole rings is 1. The number of fused-ring (bicyclic) bond motifs is 1. The Hall–Kier alpha value is -0.640. The predicted molar refractivity (Wildman–Crippen MR) is 48.0 cm³/mol. The Bertz CT molecular complexity index is 308. The minimum Gasteiger partial charge on any atom is -0.323 e. The maximum absolute atomic E-state index is 10.7. The van der Waals surface area contributed by atoms with E-state index in [1.807, 2.05) is 4.57 Å². The van der Waals surface area contributed by atoms with E-state index in [1.54, 1.807) is 6.33 Å². The van der Waals surface area contributed by atoms with Crippen molar-refractivity contribution in [2.75, 3.05) is 0 Å². The van der Waals surface area contributed by atoms with E-state index in [4.69, 9.17) is 0 Å². The molecule has 2 rings (SSSR count). The van der Waals surface area contributed by atoms with Crippen molar-refractivity contribution in [3.05, 3.63) is 16.6 Å². The van der Waals surface area contributed by atoms with Gasteiger partial charge in [0, 0.05) is 0 Å². The van der Waals surface area contributed by atoms with Crippen molar-refractivity contribution in [2.45, 2.75) is 25.3 Å². The van der Waals surface area contributed by atoms with Gasteiger partial charge in [-0.15, -0.1) is 0 Å². The quantitative estimate of drug-likeness (QED) is 0.687. The summed E-state index contributed by atoms with van der Waals surface area (Å²) in [4.78, 5) is 14.8. The maximum atomic E-state index is 10.7. The predicted octanol–water partition coefficient (Wildman–Crippen LogP) is 1.72. The third kappa shape index (κ3) is 1.10. The molecule has 0 N–H and O–H groups in total. The Labute approximate surface area is 78.9 Å². The molecule has 12 heavy (non-hydrogen) atoms. The van der Waals surface area contributed by atoms with Crippen molar-refractivity contribution in [2.24, 2.45) is 0 Å². The smallest absolute Gasteiger partial charge is 0.142 e. The Morgan fingerprint density at radius 1 is 1.75 bits per heavy atom. The molecule has 3 nitrogen and oxygen atoms in total. The van der Waals surface area contributed by atoms with Crippen molar-refractivity contribution in [3.63, 3.8) is 0 Å². The van der Waals surface area contributed by atoms with Gasteiger partial charge in [0.05, 0.1) is 18.1 Å². The Morgan fingerprint density at radius 2 is 2.58 bits per heavy atom. The lowest BCUT2D eigenvalue weighted by Gasteiger charge is -2.20. The number of carbonyl (C=O) groups excluding carboxylic acids is 1. The lowest BCUT2D eigenvalue weighted by molar-refractivity contribution is -0.111. The van der Waals surface area contributed by atoms with Crippen LogP contribution in [0.4, 0.5) is 0 Å². The van der Waals surface area contributed by atoms with E-state index < -0.39 is 0 Å². The Balaban J connectivity index is 2.45. The monoisotopic (exact) mass is 228 g/mol. The van der Waals surface area contributed by atoms with Gasteiger partial charge in [0.25, 0.3) is 0 Å². The Kier molecular flexibility index (Phi) is 2.00. The third-order valence-electron chi connectivity index (χ3n) is 2.27. The van der Waals surface area contributed by atoms with Crippen LogP contribution in [0.3, 0.4) is 0 Å². The molecule has 0 saturated carbocycles. The zero-order chi connectivity index (χ0) is 8.55. The van der Waals surface area contributed by atoms with Crippen molar-refractivity contribution in [1.29, 1.82) is 0 Å². The first-order valence-corrected chi connectivity index (χ1v) is 4.78. The molecule has 0 spiro atoms. The normalized spacial score (nSPS) is 21.9.